The molecule has 0 amide bonds. The van der Waals surface area contributed by atoms with Crippen molar-refractivity contribution in [3.05, 3.63) is 35.4 Å². The van der Waals surface area contributed by atoms with E-state index in [1.807, 2.05) is 13.8 Å². The van der Waals surface area contributed by atoms with Crippen molar-refractivity contribution in [2.75, 3.05) is 0 Å². The summed E-state index contributed by atoms with van der Waals surface area (Å²) < 4.78 is 26.1. The van der Waals surface area contributed by atoms with Gasteiger partial charge in [-0.05, 0) is 30.0 Å². The number of carbonyl (C=O) groups excluding carboxylic acids is 1. The second kappa shape index (κ2) is 3.12. The predicted molar refractivity (Wildman–Crippen MR) is 52.6 cm³/mol. The van der Waals surface area contributed by atoms with Gasteiger partial charge in [-0.25, -0.2) is 8.78 Å². The first-order valence-corrected chi connectivity index (χ1v) is 4.91. The average molecular weight is 210 g/mol. The van der Waals surface area contributed by atoms with Gasteiger partial charge in [-0.3, -0.25) is 4.79 Å². The molecule has 0 radical (unpaired) electrons. The zero-order chi connectivity index (χ0) is 11.2. The molecule has 3 heteroatoms. The summed E-state index contributed by atoms with van der Waals surface area (Å²) in [6.07, 6.45) is 0.752. The minimum absolute atomic E-state index is 0.0597. The Bertz CT molecular complexity index is 424. The van der Waals surface area contributed by atoms with Crippen LogP contribution >= 0.6 is 0 Å². The maximum absolute atomic E-state index is 13.3. The van der Waals surface area contributed by atoms with Gasteiger partial charge < -0.3 is 0 Å². The van der Waals surface area contributed by atoms with Crippen LogP contribution in [0.15, 0.2) is 18.2 Å². The lowest BCUT2D eigenvalue weighted by Gasteiger charge is -2.04. The van der Waals surface area contributed by atoms with E-state index in [0.29, 0.717) is 0 Å². The third kappa shape index (κ3) is 1.78. The summed E-state index contributed by atoms with van der Waals surface area (Å²) in [6.45, 7) is 3.90. The molecule has 0 saturated heterocycles. The van der Waals surface area contributed by atoms with E-state index in [1.165, 1.54) is 0 Å². The van der Waals surface area contributed by atoms with E-state index in [9.17, 15) is 13.6 Å². The molecule has 1 aromatic carbocycles. The van der Waals surface area contributed by atoms with Crippen molar-refractivity contribution in [1.82, 2.24) is 0 Å². The van der Waals surface area contributed by atoms with Crippen molar-refractivity contribution in [3.63, 3.8) is 0 Å². The minimum Gasteiger partial charge on any atom is -0.294 e. The lowest BCUT2D eigenvalue weighted by Crippen LogP contribution is -2.09. The Morgan fingerprint density at radius 3 is 2.53 bits per heavy atom. The topological polar surface area (TPSA) is 17.1 Å². The van der Waals surface area contributed by atoms with Gasteiger partial charge in [0.2, 0.25) is 0 Å². The molecular weight excluding hydrogens is 198 g/mol. The van der Waals surface area contributed by atoms with Crippen LogP contribution in [-0.4, -0.2) is 5.78 Å². The molecule has 80 valence electrons. The number of hydrogen-bond donors (Lipinski definition) is 0. The Kier molecular flexibility index (Phi) is 2.14. The van der Waals surface area contributed by atoms with Gasteiger partial charge in [0.05, 0.1) is 5.56 Å². The number of rotatable bonds is 2. The van der Waals surface area contributed by atoms with E-state index >= 15 is 0 Å². The largest absolute Gasteiger partial charge is 0.294 e. The fourth-order valence-electron chi connectivity index (χ4n) is 1.79. The Balaban J connectivity index is 2.30. The van der Waals surface area contributed by atoms with Crippen molar-refractivity contribution < 1.29 is 13.6 Å². The molecule has 2 rings (SSSR count). The van der Waals surface area contributed by atoms with Gasteiger partial charge in [0.25, 0.3) is 0 Å². The highest BCUT2D eigenvalue weighted by molar-refractivity contribution is 6.00. The van der Waals surface area contributed by atoms with E-state index in [0.717, 1.165) is 24.6 Å². The van der Waals surface area contributed by atoms with Crippen LogP contribution in [0, 0.1) is 23.0 Å². The molecule has 0 aromatic heterocycles. The lowest BCUT2D eigenvalue weighted by molar-refractivity contribution is 0.0948. The van der Waals surface area contributed by atoms with Gasteiger partial charge in [-0.1, -0.05) is 13.8 Å². The van der Waals surface area contributed by atoms with E-state index in [4.69, 9.17) is 0 Å². The van der Waals surface area contributed by atoms with Crippen LogP contribution < -0.4 is 0 Å². The summed E-state index contributed by atoms with van der Waals surface area (Å²) in [5.41, 5.74) is -0.180. The van der Waals surface area contributed by atoms with E-state index < -0.39 is 11.6 Å². The summed E-state index contributed by atoms with van der Waals surface area (Å²) in [7, 11) is 0. The second-order valence-electron chi connectivity index (χ2n) is 4.73. The lowest BCUT2D eigenvalue weighted by atomic mass is 10.0. The van der Waals surface area contributed by atoms with Gasteiger partial charge in [0, 0.05) is 5.92 Å². The standard InChI is InChI=1S/C12H12F2O/c1-12(2)6-9(12)11(15)8-5-7(13)3-4-10(8)14/h3-5,9H,6H2,1-2H3. The maximum atomic E-state index is 13.3. The van der Waals surface area contributed by atoms with Crippen molar-refractivity contribution in [3.8, 4) is 0 Å². The summed E-state index contributed by atoms with van der Waals surface area (Å²) in [6, 6.07) is 2.99. The first-order chi connectivity index (χ1) is 6.92. The van der Waals surface area contributed by atoms with Crippen molar-refractivity contribution in [1.29, 1.82) is 0 Å². The molecule has 0 spiro atoms. The molecule has 1 atom stereocenters. The Hall–Kier alpha value is -1.25. The number of ketones is 1. The monoisotopic (exact) mass is 210 g/mol. The Morgan fingerprint density at radius 1 is 1.40 bits per heavy atom. The van der Waals surface area contributed by atoms with Crippen LogP contribution in [0.5, 0.6) is 0 Å². The Labute approximate surface area is 87.1 Å². The average Bonchev–Trinajstić information content (AvgIpc) is 2.78. The van der Waals surface area contributed by atoms with Crippen molar-refractivity contribution >= 4 is 5.78 Å². The highest BCUT2D eigenvalue weighted by Crippen LogP contribution is 2.53. The normalized spacial score (nSPS) is 22.5. The number of carbonyl (C=O) groups is 1. The number of hydrogen-bond acceptors (Lipinski definition) is 1. The summed E-state index contributed by atoms with van der Waals surface area (Å²) in [5, 5.41) is 0. The molecule has 1 unspecified atom stereocenters. The fraction of sp³-hybridized carbons (Fsp3) is 0.417. The first kappa shape index (κ1) is 10.3. The molecule has 1 saturated carbocycles. The zero-order valence-corrected chi connectivity index (χ0v) is 8.68. The molecule has 1 fully saturated rings. The molecule has 0 N–H and O–H groups in total. The van der Waals surface area contributed by atoms with Crippen molar-refractivity contribution in [2.45, 2.75) is 20.3 Å². The first-order valence-electron chi connectivity index (χ1n) is 4.91. The molecule has 1 aliphatic rings. The van der Waals surface area contributed by atoms with Crippen molar-refractivity contribution in [2.24, 2.45) is 11.3 Å². The molecule has 1 nitrogen and oxygen atoms in total. The number of halogens is 2. The van der Waals surface area contributed by atoms with Gasteiger partial charge in [0.1, 0.15) is 11.6 Å². The second-order valence-corrected chi connectivity index (χ2v) is 4.73. The van der Waals surface area contributed by atoms with Gasteiger partial charge >= 0.3 is 0 Å². The van der Waals surface area contributed by atoms with E-state index in [2.05, 4.69) is 0 Å². The van der Waals surface area contributed by atoms with E-state index in [1.54, 1.807) is 0 Å². The molecular formula is C12H12F2O. The molecule has 1 aromatic rings. The Morgan fingerprint density at radius 2 is 2.00 bits per heavy atom. The molecule has 0 aliphatic heterocycles. The predicted octanol–water partition coefficient (Wildman–Crippen LogP) is 3.19. The highest BCUT2D eigenvalue weighted by atomic mass is 19.1. The third-order valence-electron chi connectivity index (χ3n) is 3.02. The van der Waals surface area contributed by atoms with Crippen LogP contribution in [0.1, 0.15) is 30.6 Å². The maximum Gasteiger partial charge on any atom is 0.169 e. The number of Topliss-reactive ketones (excluding diaryl/α,β-unsaturated/α-hetero) is 1. The van der Waals surface area contributed by atoms with Crippen LogP contribution in [0.4, 0.5) is 8.78 Å². The number of benzene rings is 1. The summed E-state index contributed by atoms with van der Waals surface area (Å²) in [4.78, 5) is 11.8. The van der Waals surface area contributed by atoms with Crippen LogP contribution in [0.3, 0.4) is 0 Å². The highest BCUT2D eigenvalue weighted by Gasteiger charge is 2.50. The van der Waals surface area contributed by atoms with Gasteiger partial charge in [0.15, 0.2) is 5.78 Å². The van der Waals surface area contributed by atoms with Crippen LogP contribution in [0.25, 0.3) is 0 Å². The summed E-state index contributed by atoms with van der Waals surface area (Å²) in [5.74, 6) is -1.65. The SMILES string of the molecule is CC1(C)CC1C(=O)c1cc(F)ccc1F. The van der Waals surface area contributed by atoms with Crippen LogP contribution in [-0.2, 0) is 0 Å². The molecule has 15 heavy (non-hydrogen) atoms. The van der Waals surface area contributed by atoms with Gasteiger partial charge in [-0.2, -0.15) is 0 Å². The minimum atomic E-state index is -0.635. The molecule has 1 aliphatic carbocycles. The molecule has 0 bridgehead atoms. The zero-order valence-electron chi connectivity index (χ0n) is 8.68. The van der Waals surface area contributed by atoms with E-state index in [-0.39, 0.29) is 22.7 Å². The molecule has 0 heterocycles. The quantitative estimate of drug-likeness (QED) is 0.685. The summed E-state index contributed by atoms with van der Waals surface area (Å²) >= 11 is 0. The smallest absolute Gasteiger partial charge is 0.169 e. The fourth-order valence-corrected chi connectivity index (χ4v) is 1.79. The van der Waals surface area contributed by atoms with Crippen LogP contribution in [0.2, 0.25) is 0 Å². The van der Waals surface area contributed by atoms with Gasteiger partial charge in [-0.15, -0.1) is 0 Å². The third-order valence-corrected chi connectivity index (χ3v) is 3.02.